The van der Waals surface area contributed by atoms with Crippen LogP contribution in [0.3, 0.4) is 0 Å². The van der Waals surface area contributed by atoms with Gasteiger partial charge in [-0.15, -0.1) is 0 Å². The summed E-state index contributed by atoms with van der Waals surface area (Å²) in [5, 5.41) is 10.6. The minimum atomic E-state index is -0.960. The lowest BCUT2D eigenvalue weighted by Gasteiger charge is -2.26. The molecule has 0 bridgehead atoms. The van der Waals surface area contributed by atoms with Gasteiger partial charge in [0.05, 0.1) is 37.3 Å². The van der Waals surface area contributed by atoms with Crippen molar-refractivity contribution in [1.82, 2.24) is 10.4 Å². The zero-order chi connectivity index (χ0) is 22.8. The fourth-order valence-corrected chi connectivity index (χ4v) is 4.05. The molecular weight excluding hydrogens is 412 g/mol. The van der Waals surface area contributed by atoms with Gasteiger partial charge < -0.3 is 9.47 Å². The predicted octanol–water partition coefficient (Wildman–Crippen LogP) is 3.48. The van der Waals surface area contributed by atoms with Gasteiger partial charge in [0.1, 0.15) is 0 Å². The van der Waals surface area contributed by atoms with Gasteiger partial charge in [-0.25, -0.2) is 5.48 Å². The molecule has 8 nitrogen and oxygen atoms in total. The number of hydrogen-bond acceptors (Lipinski definition) is 6. The van der Waals surface area contributed by atoms with Gasteiger partial charge in [-0.05, 0) is 41.5 Å². The molecule has 3 aromatic rings. The molecule has 1 aliphatic heterocycles. The van der Waals surface area contributed by atoms with E-state index in [1.807, 2.05) is 19.1 Å². The van der Waals surface area contributed by atoms with Crippen LogP contribution in [-0.4, -0.2) is 41.5 Å². The lowest BCUT2D eigenvalue weighted by Crippen LogP contribution is -2.37. The number of nitrogens with zero attached hydrogens (tertiary/aromatic N) is 1. The van der Waals surface area contributed by atoms with Crippen LogP contribution in [0.25, 0.3) is 10.8 Å². The zero-order valence-corrected chi connectivity index (χ0v) is 17.6. The summed E-state index contributed by atoms with van der Waals surface area (Å²) >= 11 is 0. The molecule has 1 unspecified atom stereocenters. The third kappa shape index (κ3) is 3.54. The molecule has 8 heteroatoms. The number of imide groups is 1. The van der Waals surface area contributed by atoms with E-state index in [0.717, 1.165) is 10.3 Å². The predicted molar refractivity (Wildman–Crippen MR) is 116 cm³/mol. The monoisotopic (exact) mass is 434 g/mol. The van der Waals surface area contributed by atoms with E-state index >= 15 is 0 Å². The van der Waals surface area contributed by atoms with Gasteiger partial charge in [0.25, 0.3) is 11.8 Å². The van der Waals surface area contributed by atoms with Crippen LogP contribution in [0.4, 0.5) is 0 Å². The summed E-state index contributed by atoms with van der Waals surface area (Å²) in [6.45, 7) is 2.19. The summed E-state index contributed by atoms with van der Waals surface area (Å²) in [6, 6.07) is 14.7. The maximum Gasteiger partial charge on any atom is 0.262 e. The standard InChI is InChI=1S/C24H22N2O6/c1-3-32-20-12-15(9-11-19(20)31-2)18(13-21(27)25-30)26-23(28)17-10-8-14-6-4-5-7-16(14)22(17)24(26)29/h4-12,18,30H,3,13H2,1-2H3,(H,25,27). The lowest BCUT2D eigenvalue weighted by atomic mass is 10.00. The summed E-state index contributed by atoms with van der Waals surface area (Å²) in [7, 11) is 1.50. The molecule has 4 rings (SSSR count). The quantitative estimate of drug-likeness (QED) is 0.335. The van der Waals surface area contributed by atoms with Gasteiger partial charge in [0.15, 0.2) is 11.5 Å². The van der Waals surface area contributed by atoms with Crippen molar-refractivity contribution in [3.8, 4) is 11.5 Å². The Morgan fingerprint density at radius 2 is 1.84 bits per heavy atom. The maximum absolute atomic E-state index is 13.5. The molecular formula is C24H22N2O6. The zero-order valence-electron chi connectivity index (χ0n) is 17.6. The molecule has 0 saturated carbocycles. The summed E-state index contributed by atoms with van der Waals surface area (Å²) in [5.74, 6) is -0.824. The normalized spacial score (nSPS) is 13.8. The molecule has 0 aliphatic carbocycles. The molecule has 0 fully saturated rings. The van der Waals surface area contributed by atoms with Crippen LogP contribution in [0.15, 0.2) is 54.6 Å². The molecule has 0 radical (unpaired) electrons. The maximum atomic E-state index is 13.5. The van der Waals surface area contributed by atoms with Crippen molar-refractivity contribution in [1.29, 1.82) is 0 Å². The Labute approximate surface area is 184 Å². The Hall–Kier alpha value is -3.91. The number of methoxy groups -OCH3 is 1. The molecule has 1 aliphatic rings. The highest BCUT2D eigenvalue weighted by molar-refractivity contribution is 6.26. The molecule has 2 N–H and O–H groups in total. The van der Waals surface area contributed by atoms with E-state index in [1.54, 1.807) is 47.9 Å². The van der Waals surface area contributed by atoms with Gasteiger partial charge in [-0.2, -0.15) is 0 Å². The van der Waals surface area contributed by atoms with Crippen molar-refractivity contribution in [3.05, 3.63) is 71.3 Å². The van der Waals surface area contributed by atoms with E-state index in [-0.39, 0.29) is 12.0 Å². The highest BCUT2D eigenvalue weighted by Crippen LogP contribution is 2.39. The van der Waals surface area contributed by atoms with Gasteiger partial charge in [-0.3, -0.25) is 24.5 Å². The Kier molecular flexibility index (Phi) is 5.79. The molecule has 0 spiro atoms. The van der Waals surface area contributed by atoms with E-state index in [1.165, 1.54) is 7.11 Å². The first-order chi connectivity index (χ1) is 15.5. The summed E-state index contributed by atoms with van der Waals surface area (Å²) in [4.78, 5) is 40.0. The second-order valence-electron chi connectivity index (χ2n) is 7.29. The first kappa shape index (κ1) is 21.3. The third-order valence-corrected chi connectivity index (χ3v) is 5.50. The second kappa shape index (κ2) is 8.68. The number of fused-ring (bicyclic) bond motifs is 3. The minimum absolute atomic E-state index is 0.279. The Bertz CT molecular complexity index is 1220. The van der Waals surface area contributed by atoms with Gasteiger partial charge in [0, 0.05) is 0 Å². The highest BCUT2D eigenvalue weighted by atomic mass is 16.5. The van der Waals surface area contributed by atoms with Crippen molar-refractivity contribution in [2.45, 2.75) is 19.4 Å². The van der Waals surface area contributed by atoms with Gasteiger partial charge >= 0.3 is 0 Å². The molecule has 0 saturated heterocycles. The fourth-order valence-electron chi connectivity index (χ4n) is 4.05. The van der Waals surface area contributed by atoms with Crippen molar-refractivity contribution < 1.29 is 29.1 Å². The topological polar surface area (TPSA) is 105 Å². The van der Waals surface area contributed by atoms with Crippen molar-refractivity contribution in [3.63, 3.8) is 0 Å². The Morgan fingerprint density at radius 1 is 1.06 bits per heavy atom. The smallest absolute Gasteiger partial charge is 0.262 e. The van der Waals surface area contributed by atoms with Crippen LogP contribution in [0.1, 0.15) is 45.7 Å². The average Bonchev–Trinajstić information content (AvgIpc) is 3.07. The Morgan fingerprint density at radius 3 is 2.56 bits per heavy atom. The van der Waals surface area contributed by atoms with Gasteiger partial charge in [-0.1, -0.05) is 36.4 Å². The van der Waals surface area contributed by atoms with Crippen LogP contribution in [-0.2, 0) is 4.79 Å². The number of carbonyl (C=O) groups is 3. The number of rotatable bonds is 7. The number of nitrogens with one attached hydrogen (secondary N) is 1. The summed E-state index contributed by atoms with van der Waals surface area (Å²) in [5.41, 5.74) is 2.67. The molecule has 0 aromatic heterocycles. The second-order valence-corrected chi connectivity index (χ2v) is 7.29. The Balaban J connectivity index is 1.83. The molecule has 1 atom stereocenters. The number of ether oxygens (including phenoxy) is 2. The number of hydroxylamine groups is 1. The molecule has 164 valence electrons. The number of benzene rings is 3. The van der Waals surface area contributed by atoms with Crippen molar-refractivity contribution in [2.24, 2.45) is 0 Å². The SMILES string of the molecule is CCOc1cc(C(CC(=O)NO)N2C(=O)c3ccc4ccccc4c3C2=O)ccc1OC. The fraction of sp³-hybridized carbons (Fsp3) is 0.208. The lowest BCUT2D eigenvalue weighted by molar-refractivity contribution is -0.130. The summed E-state index contributed by atoms with van der Waals surface area (Å²) < 4.78 is 10.9. The van der Waals surface area contributed by atoms with E-state index in [4.69, 9.17) is 14.7 Å². The minimum Gasteiger partial charge on any atom is -0.493 e. The van der Waals surface area contributed by atoms with Crippen LogP contribution < -0.4 is 15.0 Å². The molecule has 1 heterocycles. The van der Waals surface area contributed by atoms with E-state index in [0.29, 0.717) is 34.6 Å². The highest BCUT2D eigenvalue weighted by Gasteiger charge is 2.42. The first-order valence-electron chi connectivity index (χ1n) is 10.1. The largest absolute Gasteiger partial charge is 0.493 e. The molecule has 32 heavy (non-hydrogen) atoms. The molecule has 3 amide bonds. The van der Waals surface area contributed by atoms with E-state index in [9.17, 15) is 14.4 Å². The molecule has 3 aromatic carbocycles. The number of carbonyl (C=O) groups excluding carboxylic acids is 3. The third-order valence-electron chi connectivity index (χ3n) is 5.50. The van der Waals surface area contributed by atoms with Crippen molar-refractivity contribution >= 4 is 28.5 Å². The van der Waals surface area contributed by atoms with Crippen molar-refractivity contribution in [2.75, 3.05) is 13.7 Å². The first-order valence-corrected chi connectivity index (χ1v) is 10.1. The number of amides is 3. The van der Waals surface area contributed by atoms with Crippen LogP contribution >= 0.6 is 0 Å². The van der Waals surface area contributed by atoms with Crippen LogP contribution in [0.5, 0.6) is 11.5 Å². The van der Waals surface area contributed by atoms with E-state index < -0.39 is 23.8 Å². The average molecular weight is 434 g/mol. The van der Waals surface area contributed by atoms with Crippen LogP contribution in [0, 0.1) is 0 Å². The summed E-state index contributed by atoms with van der Waals surface area (Å²) in [6.07, 6.45) is -0.322. The number of hydrogen-bond donors (Lipinski definition) is 2. The van der Waals surface area contributed by atoms with E-state index in [2.05, 4.69) is 0 Å². The van der Waals surface area contributed by atoms with Gasteiger partial charge in [0.2, 0.25) is 5.91 Å². The van der Waals surface area contributed by atoms with Crippen LogP contribution in [0.2, 0.25) is 0 Å².